The summed E-state index contributed by atoms with van der Waals surface area (Å²) in [4.78, 5) is 53.5. The summed E-state index contributed by atoms with van der Waals surface area (Å²) < 4.78 is 11.4. The van der Waals surface area contributed by atoms with Gasteiger partial charge in [-0.2, -0.15) is 0 Å². The van der Waals surface area contributed by atoms with Crippen molar-refractivity contribution < 1.29 is 28.7 Å². The van der Waals surface area contributed by atoms with Gasteiger partial charge in [0, 0.05) is 24.2 Å². The van der Waals surface area contributed by atoms with Gasteiger partial charge < -0.3 is 30.7 Å². The number of unbranched alkanes of at least 4 members (excludes halogenated alkanes) is 22. The molecule has 0 aliphatic carbocycles. The molecule has 4 N–H and O–H groups in total. The summed E-state index contributed by atoms with van der Waals surface area (Å²) in [6.07, 6.45) is 29.8. The highest BCUT2D eigenvalue weighted by atomic mass is 16.5. The van der Waals surface area contributed by atoms with Gasteiger partial charge in [0.15, 0.2) is 0 Å². The molecule has 0 heterocycles. The second-order valence-electron chi connectivity index (χ2n) is 17.8. The minimum absolute atomic E-state index is 0.276. The van der Waals surface area contributed by atoms with Crippen molar-refractivity contribution in [3.63, 3.8) is 0 Å². The summed E-state index contributed by atoms with van der Waals surface area (Å²) in [6.45, 7) is 6.96. The number of hydrogen-bond acceptors (Lipinski definition) is 6. The fraction of sp³-hybridized carbons (Fsp3) is 0.600. The van der Waals surface area contributed by atoms with Gasteiger partial charge in [0.2, 0.25) is 0 Å². The molecule has 4 amide bonds. The van der Waals surface area contributed by atoms with Crippen molar-refractivity contribution in [2.45, 2.75) is 200 Å². The van der Waals surface area contributed by atoms with Crippen LogP contribution in [0.4, 0.5) is 21.0 Å². The zero-order chi connectivity index (χ0) is 46.6. The molecule has 0 aliphatic heterocycles. The maximum atomic E-state index is 13.4. The second-order valence-corrected chi connectivity index (χ2v) is 17.8. The van der Waals surface area contributed by atoms with Crippen molar-refractivity contribution in [2.24, 2.45) is 0 Å². The smallest absolute Gasteiger partial charge is 0.329 e. The van der Waals surface area contributed by atoms with E-state index in [1.165, 1.54) is 116 Å². The maximum absolute atomic E-state index is 13.4. The molecule has 65 heavy (non-hydrogen) atoms. The van der Waals surface area contributed by atoms with Crippen LogP contribution >= 0.6 is 0 Å². The fourth-order valence-electron chi connectivity index (χ4n) is 8.00. The molecule has 3 aromatic carbocycles. The van der Waals surface area contributed by atoms with Gasteiger partial charge >= 0.3 is 24.0 Å². The average molecular weight is 897 g/mol. The molecular formula is C55H84N4O6. The van der Waals surface area contributed by atoms with Crippen molar-refractivity contribution in [3.8, 4) is 0 Å². The standard InChI is InChI=1S/C55H84N4O6/c1-4-6-8-10-12-14-16-18-20-22-24-32-40-64-52(60)50(42-46-34-28-26-29-35-46)58-54(62)56-48-39-38-45(3)49(44-48)57-55(63)59-51(43-47-36-30-27-31-37-47)53(61)65-41-33-25-23-21-19-17-15-13-11-9-7-5-2/h26-31,34-39,44,50-51H,4-25,32-33,40-43H2,1-3H3,(H2,56,58,62)(H2,57,59,63)/t50-,51-/m0/s1. The minimum Gasteiger partial charge on any atom is -0.464 e. The molecular weight excluding hydrogens is 813 g/mol. The van der Waals surface area contributed by atoms with E-state index >= 15 is 0 Å². The van der Waals surface area contributed by atoms with Crippen LogP contribution in [-0.4, -0.2) is 49.3 Å². The lowest BCUT2D eigenvalue weighted by atomic mass is 10.1. The second kappa shape index (κ2) is 35.4. The highest BCUT2D eigenvalue weighted by molar-refractivity contribution is 5.96. The Morgan fingerprint density at radius 1 is 0.446 bits per heavy atom. The third-order valence-electron chi connectivity index (χ3n) is 12.0. The first-order chi connectivity index (χ1) is 31.8. The number of hydrogen-bond donors (Lipinski definition) is 4. The van der Waals surface area contributed by atoms with Crippen LogP contribution in [-0.2, 0) is 31.9 Å². The van der Waals surface area contributed by atoms with E-state index in [2.05, 4.69) is 35.1 Å². The van der Waals surface area contributed by atoms with Gasteiger partial charge in [0.25, 0.3) is 0 Å². The maximum Gasteiger partial charge on any atom is 0.329 e. The molecule has 0 aromatic heterocycles. The Kier molecular flexibility index (Phi) is 29.7. The van der Waals surface area contributed by atoms with Crippen LogP contribution in [0.3, 0.4) is 0 Å². The molecule has 0 bridgehead atoms. The Balaban J connectivity index is 1.47. The van der Waals surface area contributed by atoms with Gasteiger partial charge in [-0.15, -0.1) is 0 Å². The Morgan fingerprint density at radius 2 is 0.800 bits per heavy atom. The molecule has 0 saturated carbocycles. The number of benzene rings is 3. The van der Waals surface area contributed by atoms with E-state index in [9.17, 15) is 19.2 Å². The van der Waals surface area contributed by atoms with Crippen LogP contribution in [0.1, 0.15) is 185 Å². The molecule has 360 valence electrons. The molecule has 0 saturated heterocycles. The molecule has 0 spiro atoms. The van der Waals surface area contributed by atoms with Crippen molar-refractivity contribution in [1.82, 2.24) is 10.6 Å². The van der Waals surface area contributed by atoms with E-state index in [0.29, 0.717) is 24.6 Å². The van der Waals surface area contributed by atoms with Crippen molar-refractivity contribution >= 4 is 35.4 Å². The molecule has 0 fully saturated rings. The van der Waals surface area contributed by atoms with E-state index in [1.54, 1.807) is 18.2 Å². The Hall–Kier alpha value is -4.86. The van der Waals surface area contributed by atoms with Crippen molar-refractivity contribution in [2.75, 3.05) is 23.8 Å². The van der Waals surface area contributed by atoms with Crippen molar-refractivity contribution in [1.29, 1.82) is 0 Å². The van der Waals surface area contributed by atoms with E-state index in [1.807, 2.05) is 67.6 Å². The Labute approximate surface area is 392 Å². The van der Waals surface area contributed by atoms with Gasteiger partial charge in [-0.05, 0) is 48.6 Å². The minimum atomic E-state index is -0.900. The third-order valence-corrected chi connectivity index (χ3v) is 12.0. The van der Waals surface area contributed by atoms with Crippen LogP contribution in [0.2, 0.25) is 0 Å². The SMILES string of the molecule is CCCCCCCCCCCCCCOC(=O)[C@H](Cc1ccccc1)NC(=O)Nc1ccc(C)c(NC(=O)N[C@@H](Cc2ccccc2)C(=O)OCCCCCCCCCCCCCC)c1. The Bertz CT molecular complexity index is 1720. The third kappa shape index (κ3) is 26.0. The molecule has 0 radical (unpaired) electrons. The zero-order valence-electron chi connectivity index (χ0n) is 40.4. The molecule has 2 atom stereocenters. The summed E-state index contributed by atoms with van der Waals surface area (Å²) in [7, 11) is 0. The van der Waals surface area contributed by atoms with Crippen LogP contribution in [0.5, 0.6) is 0 Å². The lowest BCUT2D eigenvalue weighted by molar-refractivity contribution is -0.146. The number of anilines is 2. The first-order valence-electron chi connectivity index (χ1n) is 25.5. The number of rotatable bonds is 36. The lowest BCUT2D eigenvalue weighted by Crippen LogP contribution is -2.45. The first-order valence-corrected chi connectivity index (χ1v) is 25.5. The van der Waals surface area contributed by atoms with E-state index in [4.69, 9.17) is 9.47 Å². The van der Waals surface area contributed by atoms with Gasteiger partial charge in [-0.25, -0.2) is 19.2 Å². The van der Waals surface area contributed by atoms with Crippen LogP contribution in [0.25, 0.3) is 0 Å². The summed E-state index contributed by atoms with van der Waals surface area (Å²) in [5.74, 6) is -0.957. The summed E-state index contributed by atoms with van der Waals surface area (Å²) in [6, 6.07) is 21.3. The highest BCUT2D eigenvalue weighted by Gasteiger charge is 2.25. The lowest BCUT2D eigenvalue weighted by Gasteiger charge is -2.20. The predicted molar refractivity (Wildman–Crippen MR) is 267 cm³/mol. The number of carbonyl (C=O) groups is 4. The molecule has 3 rings (SSSR count). The number of nitrogens with one attached hydrogen (secondary N) is 4. The molecule has 3 aromatic rings. The summed E-state index contributed by atoms with van der Waals surface area (Å²) in [5.41, 5.74) is 3.41. The quantitative estimate of drug-likeness (QED) is 0.0339. The highest BCUT2D eigenvalue weighted by Crippen LogP contribution is 2.21. The van der Waals surface area contributed by atoms with Crippen LogP contribution in [0.15, 0.2) is 78.9 Å². The average Bonchev–Trinajstić information content (AvgIpc) is 3.30. The number of aryl methyl sites for hydroxylation is 1. The van der Waals surface area contributed by atoms with Crippen LogP contribution in [0, 0.1) is 6.92 Å². The van der Waals surface area contributed by atoms with E-state index in [-0.39, 0.29) is 12.8 Å². The first kappa shape index (κ1) is 54.5. The predicted octanol–water partition coefficient (Wildman–Crippen LogP) is 13.9. The molecule has 0 aliphatic rings. The van der Waals surface area contributed by atoms with Crippen molar-refractivity contribution in [3.05, 3.63) is 95.6 Å². The van der Waals surface area contributed by atoms with Gasteiger partial charge in [-0.1, -0.05) is 222 Å². The summed E-state index contributed by atoms with van der Waals surface area (Å²) in [5, 5.41) is 11.3. The van der Waals surface area contributed by atoms with E-state index in [0.717, 1.165) is 55.2 Å². The molecule has 0 unspecified atom stereocenters. The number of urea groups is 2. The van der Waals surface area contributed by atoms with E-state index < -0.39 is 36.1 Å². The van der Waals surface area contributed by atoms with Gasteiger partial charge in [-0.3, -0.25) is 0 Å². The van der Waals surface area contributed by atoms with Gasteiger partial charge in [0.1, 0.15) is 12.1 Å². The van der Waals surface area contributed by atoms with Gasteiger partial charge in [0.05, 0.1) is 13.2 Å². The molecule has 10 nitrogen and oxygen atoms in total. The number of ether oxygens (including phenoxy) is 2. The normalized spacial score (nSPS) is 11.9. The number of esters is 2. The largest absolute Gasteiger partial charge is 0.464 e. The number of amides is 4. The number of carbonyl (C=O) groups excluding carboxylic acids is 4. The monoisotopic (exact) mass is 897 g/mol. The topological polar surface area (TPSA) is 135 Å². The summed E-state index contributed by atoms with van der Waals surface area (Å²) >= 11 is 0. The Morgan fingerprint density at radius 3 is 1.18 bits per heavy atom. The zero-order valence-corrected chi connectivity index (χ0v) is 40.4. The molecule has 10 heteroatoms. The fourth-order valence-corrected chi connectivity index (χ4v) is 8.00. The van der Waals surface area contributed by atoms with Crippen LogP contribution < -0.4 is 21.3 Å².